The van der Waals surface area contributed by atoms with Crippen LogP contribution in [0.3, 0.4) is 0 Å². The highest BCUT2D eigenvalue weighted by Gasteiger charge is 2.11. The van der Waals surface area contributed by atoms with Gasteiger partial charge in [-0.3, -0.25) is 10.1 Å². The number of fused-ring (bicyclic) bond motifs is 1. The van der Waals surface area contributed by atoms with Gasteiger partial charge in [0.1, 0.15) is 5.82 Å². The highest BCUT2D eigenvalue weighted by atomic mass is 16.1. The molecule has 2 aromatic heterocycles. The standard InChI is InChI=1S/C17H20N6O/c1-22(2)12-11-18-14-9-6-10-15-19-17(21-23(14)15)20-16(24)13-7-4-3-5-8-13/h3-10,18H,11-12H2,1-2H3,(H,20,21,24). The van der Waals surface area contributed by atoms with Crippen molar-refractivity contribution in [2.75, 3.05) is 37.8 Å². The maximum absolute atomic E-state index is 12.2. The molecule has 0 bridgehead atoms. The summed E-state index contributed by atoms with van der Waals surface area (Å²) in [7, 11) is 4.05. The van der Waals surface area contributed by atoms with Gasteiger partial charge in [-0.05, 0) is 38.4 Å². The average molecular weight is 324 g/mol. The Morgan fingerprint density at radius 2 is 1.92 bits per heavy atom. The van der Waals surface area contributed by atoms with E-state index in [9.17, 15) is 4.79 Å². The number of amides is 1. The Labute approximate surface area is 140 Å². The zero-order valence-corrected chi connectivity index (χ0v) is 13.7. The Hall–Kier alpha value is -2.93. The van der Waals surface area contributed by atoms with E-state index in [2.05, 4.69) is 25.6 Å². The smallest absolute Gasteiger partial charge is 0.258 e. The van der Waals surface area contributed by atoms with Gasteiger partial charge >= 0.3 is 0 Å². The fourth-order valence-electron chi connectivity index (χ4n) is 2.26. The maximum Gasteiger partial charge on any atom is 0.258 e. The van der Waals surface area contributed by atoms with Crippen LogP contribution in [0.2, 0.25) is 0 Å². The Balaban J connectivity index is 1.77. The Morgan fingerprint density at radius 3 is 2.67 bits per heavy atom. The topological polar surface area (TPSA) is 74.6 Å². The molecule has 0 spiro atoms. The first-order chi connectivity index (χ1) is 11.6. The number of benzene rings is 1. The minimum absolute atomic E-state index is 0.228. The molecule has 7 heteroatoms. The molecule has 2 heterocycles. The van der Waals surface area contributed by atoms with E-state index in [0.717, 1.165) is 18.9 Å². The molecule has 24 heavy (non-hydrogen) atoms. The van der Waals surface area contributed by atoms with Gasteiger partial charge in [0.05, 0.1) is 0 Å². The van der Waals surface area contributed by atoms with E-state index in [0.29, 0.717) is 11.2 Å². The van der Waals surface area contributed by atoms with Gasteiger partial charge < -0.3 is 10.2 Å². The first-order valence-electron chi connectivity index (χ1n) is 7.74. The van der Waals surface area contributed by atoms with Crippen LogP contribution >= 0.6 is 0 Å². The van der Waals surface area contributed by atoms with Crippen LogP contribution in [0.25, 0.3) is 5.65 Å². The van der Waals surface area contributed by atoms with Crippen molar-refractivity contribution < 1.29 is 4.79 Å². The minimum Gasteiger partial charge on any atom is -0.369 e. The predicted molar refractivity (Wildman–Crippen MR) is 94.4 cm³/mol. The van der Waals surface area contributed by atoms with E-state index in [4.69, 9.17) is 0 Å². The molecule has 1 amide bonds. The molecule has 124 valence electrons. The molecule has 2 N–H and O–H groups in total. The monoisotopic (exact) mass is 324 g/mol. The number of rotatable bonds is 6. The lowest BCUT2D eigenvalue weighted by atomic mass is 10.2. The molecule has 3 rings (SSSR count). The lowest BCUT2D eigenvalue weighted by Gasteiger charge is -2.11. The van der Waals surface area contributed by atoms with E-state index >= 15 is 0 Å². The molecular weight excluding hydrogens is 304 g/mol. The zero-order chi connectivity index (χ0) is 16.9. The van der Waals surface area contributed by atoms with E-state index in [1.807, 2.05) is 50.5 Å². The number of hydrogen-bond acceptors (Lipinski definition) is 5. The van der Waals surface area contributed by atoms with Crippen LogP contribution in [0.5, 0.6) is 0 Å². The van der Waals surface area contributed by atoms with Crippen molar-refractivity contribution in [1.29, 1.82) is 0 Å². The van der Waals surface area contributed by atoms with Gasteiger partial charge in [0.2, 0.25) is 5.95 Å². The van der Waals surface area contributed by atoms with Crippen molar-refractivity contribution in [3.63, 3.8) is 0 Å². The Kier molecular flexibility index (Phi) is 4.72. The molecule has 0 saturated heterocycles. The second kappa shape index (κ2) is 7.10. The third kappa shape index (κ3) is 3.69. The van der Waals surface area contributed by atoms with Gasteiger partial charge in [-0.25, -0.2) is 0 Å². The van der Waals surface area contributed by atoms with Crippen molar-refractivity contribution in [2.45, 2.75) is 0 Å². The molecule has 0 aliphatic rings. The van der Waals surface area contributed by atoms with Crippen LogP contribution in [0.4, 0.5) is 11.8 Å². The first kappa shape index (κ1) is 15.9. The van der Waals surface area contributed by atoms with Crippen LogP contribution in [0.15, 0.2) is 48.5 Å². The number of anilines is 2. The molecule has 1 aromatic carbocycles. The molecule has 0 atom stereocenters. The summed E-state index contributed by atoms with van der Waals surface area (Å²) in [5, 5.41) is 10.4. The fourth-order valence-corrected chi connectivity index (χ4v) is 2.26. The number of likely N-dealkylation sites (N-methyl/N-ethyl adjacent to an activating group) is 1. The predicted octanol–water partition coefficient (Wildman–Crippen LogP) is 1.96. The highest BCUT2D eigenvalue weighted by molar-refractivity contribution is 6.03. The Bertz CT molecular complexity index is 827. The summed E-state index contributed by atoms with van der Waals surface area (Å²) in [5.41, 5.74) is 1.24. The molecule has 0 fully saturated rings. The summed E-state index contributed by atoms with van der Waals surface area (Å²) in [5.74, 6) is 0.890. The van der Waals surface area contributed by atoms with Gasteiger partial charge in [-0.1, -0.05) is 24.3 Å². The fraction of sp³-hybridized carbons (Fsp3) is 0.235. The van der Waals surface area contributed by atoms with E-state index in [1.54, 1.807) is 16.6 Å². The van der Waals surface area contributed by atoms with Gasteiger partial charge in [0, 0.05) is 18.7 Å². The number of nitrogens with one attached hydrogen (secondary N) is 2. The van der Waals surface area contributed by atoms with Crippen molar-refractivity contribution in [3.8, 4) is 0 Å². The van der Waals surface area contributed by atoms with E-state index < -0.39 is 0 Å². The van der Waals surface area contributed by atoms with E-state index in [-0.39, 0.29) is 11.9 Å². The van der Waals surface area contributed by atoms with Crippen molar-refractivity contribution >= 4 is 23.3 Å². The summed E-state index contributed by atoms with van der Waals surface area (Å²) in [4.78, 5) is 18.7. The number of carbonyl (C=O) groups is 1. The lowest BCUT2D eigenvalue weighted by molar-refractivity contribution is 0.102. The Morgan fingerprint density at radius 1 is 1.12 bits per heavy atom. The van der Waals surface area contributed by atoms with Gasteiger partial charge in [0.15, 0.2) is 5.65 Å². The third-order valence-corrected chi connectivity index (χ3v) is 3.49. The first-order valence-corrected chi connectivity index (χ1v) is 7.74. The van der Waals surface area contributed by atoms with Gasteiger partial charge in [0.25, 0.3) is 5.91 Å². The molecule has 3 aromatic rings. The summed E-state index contributed by atoms with van der Waals surface area (Å²) in [6, 6.07) is 14.7. The normalized spacial score (nSPS) is 11.0. The molecule has 0 unspecified atom stereocenters. The second-order valence-electron chi connectivity index (χ2n) is 5.67. The average Bonchev–Trinajstić information content (AvgIpc) is 2.98. The number of carbonyl (C=O) groups excluding carboxylic acids is 1. The molecule has 0 radical (unpaired) electrons. The van der Waals surface area contributed by atoms with Gasteiger partial charge in [-0.2, -0.15) is 9.50 Å². The molecule has 7 nitrogen and oxygen atoms in total. The highest BCUT2D eigenvalue weighted by Crippen LogP contribution is 2.13. The lowest BCUT2D eigenvalue weighted by Crippen LogP contribution is -2.21. The van der Waals surface area contributed by atoms with Crippen LogP contribution in [-0.2, 0) is 0 Å². The quantitative estimate of drug-likeness (QED) is 0.725. The zero-order valence-electron chi connectivity index (χ0n) is 13.7. The second-order valence-corrected chi connectivity index (χ2v) is 5.67. The minimum atomic E-state index is -0.228. The van der Waals surface area contributed by atoms with E-state index in [1.165, 1.54) is 0 Å². The van der Waals surface area contributed by atoms with Crippen LogP contribution < -0.4 is 10.6 Å². The van der Waals surface area contributed by atoms with Crippen molar-refractivity contribution in [2.24, 2.45) is 0 Å². The summed E-state index contributed by atoms with van der Waals surface area (Å²) < 4.78 is 1.69. The maximum atomic E-state index is 12.2. The molecular formula is C17H20N6O. The number of pyridine rings is 1. The molecule has 0 saturated carbocycles. The number of aromatic nitrogens is 3. The van der Waals surface area contributed by atoms with Crippen LogP contribution in [-0.4, -0.2) is 52.6 Å². The van der Waals surface area contributed by atoms with Crippen LogP contribution in [0.1, 0.15) is 10.4 Å². The number of hydrogen-bond donors (Lipinski definition) is 2. The molecule has 0 aliphatic carbocycles. The van der Waals surface area contributed by atoms with Crippen molar-refractivity contribution in [3.05, 3.63) is 54.1 Å². The largest absolute Gasteiger partial charge is 0.369 e. The summed E-state index contributed by atoms with van der Waals surface area (Å²) in [6.45, 7) is 1.69. The third-order valence-electron chi connectivity index (χ3n) is 3.49. The SMILES string of the molecule is CN(C)CCNc1cccc2nc(NC(=O)c3ccccc3)nn12. The van der Waals surface area contributed by atoms with Gasteiger partial charge in [-0.15, -0.1) is 5.10 Å². The summed E-state index contributed by atoms with van der Waals surface area (Å²) in [6.07, 6.45) is 0. The number of nitrogens with zero attached hydrogens (tertiary/aromatic N) is 4. The summed E-state index contributed by atoms with van der Waals surface area (Å²) >= 11 is 0. The molecule has 0 aliphatic heterocycles. The van der Waals surface area contributed by atoms with Crippen molar-refractivity contribution in [1.82, 2.24) is 19.5 Å². The van der Waals surface area contributed by atoms with Crippen LogP contribution in [0, 0.1) is 0 Å².